The zero-order chi connectivity index (χ0) is 12.8. The van der Waals surface area contributed by atoms with Gasteiger partial charge in [-0.2, -0.15) is 0 Å². The Hall–Kier alpha value is -1.06. The van der Waals surface area contributed by atoms with Gasteiger partial charge in [0.2, 0.25) is 0 Å². The van der Waals surface area contributed by atoms with Crippen LogP contribution in [0.5, 0.6) is 5.75 Å². The second-order valence-corrected chi connectivity index (χ2v) is 5.11. The average Bonchev–Trinajstić information content (AvgIpc) is 2.37. The molecule has 2 rings (SSSR count). The lowest BCUT2D eigenvalue weighted by atomic mass is 10.1. The van der Waals surface area contributed by atoms with Crippen LogP contribution >= 0.6 is 0 Å². The zero-order valence-electron chi connectivity index (χ0n) is 11.3. The van der Waals surface area contributed by atoms with Gasteiger partial charge in [0.1, 0.15) is 5.75 Å². The highest BCUT2D eigenvalue weighted by Gasteiger charge is 2.12. The first-order chi connectivity index (χ1) is 8.74. The molecule has 100 valence electrons. The highest BCUT2D eigenvalue weighted by atomic mass is 16.5. The Labute approximate surface area is 109 Å². The van der Waals surface area contributed by atoms with Crippen molar-refractivity contribution < 1.29 is 9.47 Å². The number of hydrogen-bond acceptors (Lipinski definition) is 3. The fourth-order valence-corrected chi connectivity index (χ4v) is 2.16. The number of nitrogens with one attached hydrogen (secondary N) is 1. The molecule has 1 N–H and O–H groups in total. The first-order valence-electron chi connectivity index (χ1n) is 6.81. The molecule has 3 nitrogen and oxygen atoms in total. The molecule has 1 unspecified atom stereocenters. The molecule has 0 saturated carbocycles. The number of rotatable bonds is 5. The van der Waals surface area contributed by atoms with Crippen LogP contribution in [-0.2, 0) is 11.3 Å². The summed E-state index contributed by atoms with van der Waals surface area (Å²) in [6, 6.07) is 8.79. The van der Waals surface area contributed by atoms with Gasteiger partial charge in [0.05, 0.1) is 12.7 Å². The average molecular weight is 249 g/mol. The second-order valence-electron chi connectivity index (χ2n) is 5.11. The van der Waals surface area contributed by atoms with E-state index >= 15 is 0 Å². The molecule has 1 aromatic carbocycles. The number of ether oxygens (including phenoxy) is 2. The van der Waals surface area contributed by atoms with Crippen LogP contribution in [0.2, 0.25) is 0 Å². The van der Waals surface area contributed by atoms with E-state index in [9.17, 15) is 0 Å². The van der Waals surface area contributed by atoms with Gasteiger partial charge >= 0.3 is 0 Å². The standard InChI is InChI=1S/C15H23NO2/c1-12(2)18-15-7-3-5-13(9-15)10-16-14-6-4-8-17-11-14/h3,5,7,9,12,14,16H,4,6,8,10-11H2,1-2H3. The van der Waals surface area contributed by atoms with Crippen molar-refractivity contribution in [3.05, 3.63) is 29.8 Å². The molecule has 1 aliphatic heterocycles. The van der Waals surface area contributed by atoms with Gasteiger partial charge in [0, 0.05) is 19.2 Å². The van der Waals surface area contributed by atoms with Crippen molar-refractivity contribution in [2.75, 3.05) is 13.2 Å². The Morgan fingerprint density at radius 2 is 2.33 bits per heavy atom. The van der Waals surface area contributed by atoms with Crippen LogP contribution in [0, 0.1) is 0 Å². The van der Waals surface area contributed by atoms with E-state index < -0.39 is 0 Å². The summed E-state index contributed by atoms with van der Waals surface area (Å²) in [4.78, 5) is 0. The third-order valence-electron chi connectivity index (χ3n) is 3.03. The number of hydrogen-bond donors (Lipinski definition) is 1. The highest BCUT2D eigenvalue weighted by molar-refractivity contribution is 5.28. The lowest BCUT2D eigenvalue weighted by Gasteiger charge is -2.23. The Morgan fingerprint density at radius 3 is 3.06 bits per heavy atom. The van der Waals surface area contributed by atoms with Crippen molar-refractivity contribution >= 4 is 0 Å². The van der Waals surface area contributed by atoms with Crippen molar-refractivity contribution in [2.24, 2.45) is 0 Å². The molecular weight excluding hydrogens is 226 g/mol. The summed E-state index contributed by atoms with van der Waals surface area (Å²) < 4.78 is 11.2. The molecule has 1 fully saturated rings. The summed E-state index contributed by atoms with van der Waals surface area (Å²) in [5.41, 5.74) is 1.26. The first-order valence-corrected chi connectivity index (χ1v) is 6.81. The maximum atomic E-state index is 5.69. The van der Waals surface area contributed by atoms with Gasteiger partial charge < -0.3 is 14.8 Å². The fraction of sp³-hybridized carbons (Fsp3) is 0.600. The summed E-state index contributed by atoms with van der Waals surface area (Å²) in [5.74, 6) is 0.948. The van der Waals surface area contributed by atoms with Gasteiger partial charge in [-0.15, -0.1) is 0 Å². The molecule has 0 amide bonds. The maximum absolute atomic E-state index is 5.69. The van der Waals surface area contributed by atoms with Crippen molar-refractivity contribution in [2.45, 2.75) is 45.4 Å². The molecule has 1 saturated heterocycles. The monoisotopic (exact) mass is 249 g/mol. The Bertz CT molecular complexity index is 359. The van der Waals surface area contributed by atoms with Gasteiger partial charge in [-0.3, -0.25) is 0 Å². The van der Waals surface area contributed by atoms with E-state index in [0.29, 0.717) is 6.04 Å². The van der Waals surface area contributed by atoms with Crippen LogP contribution in [0.15, 0.2) is 24.3 Å². The molecule has 1 atom stereocenters. The van der Waals surface area contributed by atoms with Crippen molar-refractivity contribution in [3.8, 4) is 5.75 Å². The predicted molar refractivity (Wildman–Crippen MR) is 72.9 cm³/mol. The molecule has 0 bridgehead atoms. The molecule has 1 aromatic rings. The molecule has 0 aromatic heterocycles. The molecule has 18 heavy (non-hydrogen) atoms. The van der Waals surface area contributed by atoms with Gasteiger partial charge in [0.15, 0.2) is 0 Å². The van der Waals surface area contributed by atoms with Crippen molar-refractivity contribution in [1.29, 1.82) is 0 Å². The lowest BCUT2D eigenvalue weighted by Crippen LogP contribution is -2.36. The van der Waals surface area contributed by atoms with E-state index in [4.69, 9.17) is 9.47 Å². The largest absolute Gasteiger partial charge is 0.491 e. The van der Waals surface area contributed by atoms with E-state index in [0.717, 1.165) is 31.9 Å². The topological polar surface area (TPSA) is 30.5 Å². The minimum absolute atomic E-state index is 0.222. The van der Waals surface area contributed by atoms with Crippen LogP contribution in [0.1, 0.15) is 32.3 Å². The highest BCUT2D eigenvalue weighted by Crippen LogP contribution is 2.15. The van der Waals surface area contributed by atoms with Crippen LogP contribution in [0.4, 0.5) is 0 Å². The maximum Gasteiger partial charge on any atom is 0.120 e. The second kappa shape index (κ2) is 6.76. The molecule has 1 heterocycles. The first kappa shape index (κ1) is 13.4. The minimum Gasteiger partial charge on any atom is -0.491 e. The molecule has 1 aliphatic rings. The van der Waals surface area contributed by atoms with Crippen LogP contribution in [-0.4, -0.2) is 25.4 Å². The normalized spacial score (nSPS) is 20.1. The smallest absolute Gasteiger partial charge is 0.120 e. The summed E-state index contributed by atoms with van der Waals surface area (Å²) in [6.07, 6.45) is 2.59. The van der Waals surface area contributed by atoms with Gasteiger partial charge in [0.25, 0.3) is 0 Å². The molecular formula is C15H23NO2. The van der Waals surface area contributed by atoms with Gasteiger partial charge in [-0.05, 0) is 44.4 Å². The summed E-state index contributed by atoms with van der Waals surface area (Å²) in [5, 5.41) is 3.54. The molecule has 0 aliphatic carbocycles. The lowest BCUT2D eigenvalue weighted by molar-refractivity contribution is 0.0699. The van der Waals surface area contributed by atoms with Crippen LogP contribution in [0.25, 0.3) is 0 Å². The quantitative estimate of drug-likeness (QED) is 0.870. The van der Waals surface area contributed by atoms with E-state index in [1.54, 1.807) is 0 Å². The predicted octanol–water partition coefficient (Wildman–Crippen LogP) is 2.74. The van der Waals surface area contributed by atoms with Crippen LogP contribution < -0.4 is 10.1 Å². The zero-order valence-corrected chi connectivity index (χ0v) is 11.3. The van der Waals surface area contributed by atoms with Crippen molar-refractivity contribution in [1.82, 2.24) is 5.32 Å². The van der Waals surface area contributed by atoms with E-state index in [2.05, 4.69) is 17.4 Å². The Balaban J connectivity index is 1.84. The van der Waals surface area contributed by atoms with Gasteiger partial charge in [-0.25, -0.2) is 0 Å². The Morgan fingerprint density at radius 1 is 1.44 bits per heavy atom. The molecule has 3 heteroatoms. The van der Waals surface area contributed by atoms with E-state index in [-0.39, 0.29) is 6.10 Å². The third-order valence-corrected chi connectivity index (χ3v) is 3.03. The van der Waals surface area contributed by atoms with Crippen LogP contribution in [0.3, 0.4) is 0 Å². The van der Waals surface area contributed by atoms with Gasteiger partial charge in [-0.1, -0.05) is 12.1 Å². The van der Waals surface area contributed by atoms with E-state index in [1.807, 2.05) is 26.0 Å². The fourth-order valence-electron chi connectivity index (χ4n) is 2.16. The molecule has 0 radical (unpaired) electrons. The number of benzene rings is 1. The summed E-state index contributed by atoms with van der Waals surface area (Å²) in [6.45, 7) is 6.72. The van der Waals surface area contributed by atoms with Crippen molar-refractivity contribution in [3.63, 3.8) is 0 Å². The summed E-state index contributed by atoms with van der Waals surface area (Å²) in [7, 11) is 0. The third kappa shape index (κ3) is 4.31. The summed E-state index contributed by atoms with van der Waals surface area (Å²) >= 11 is 0. The Kier molecular flexibility index (Phi) is 5.02. The van der Waals surface area contributed by atoms with E-state index in [1.165, 1.54) is 12.0 Å². The minimum atomic E-state index is 0.222. The SMILES string of the molecule is CC(C)Oc1cccc(CNC2CCCOC2)c1. The molecule has 0 spiro atoms.